The van der Waals surface area contributed by atoms with Gasteiger partial charge in [-0.3, -0.25) is 14.5 Å². The van der Waals surface area contributed by atoms with Gasteiger partial charge in [0, 0.05) is 83.1 Å². The number of benzene rings is 1. The lowest BCUT2D eigenvalue weighted by molar-refractivity contribution is -0.135. The second-order valence-electron chi connectivity index (χ2n) is 15.5. The summed E-state index contributed by atoms with van der Waals surface area (Å²) in [7, 11) is -1.26. The number of likely N-dealkylation sites (tertiary alicyclic amines) is 1. The fraction of sp³-hybridized carbons (Fsp3) is 0.462. The number of aromatic nitrogens is 3. The molecule has 14 heteroatoms. The molecule has 1 aliphatic carbocycles. The number of fused-ring (bicyclic) bond motifs is 1. The number of H-pyrrole nitrogens is 1. The lowest BCUT2D eigenvalue weighted by Crippen LogP contribution is -2.52. The second kappa shape index (κ2) is 15.9. The maximum Gasteiger partial charge on any atom is 0.333 e. The van der Waals surface area contributed by atoms with Crippen molar-refractivity contribution in [3.63, 3.8) is 0 Å². The van der Waals surface area contributed by atoms with Crippen LogP contribution < -0.4 is 4.90 Å². The highest BCUT2D eigenvalue weighted by molar-refractivity contribution is 6.76. The highest BCUT2D eigenvalue weighted by Crippen LogP contribution is 2.30. The molecule has 53 heavy (non-hydrogen) atoms. The molecule has 3 aliphatic heterocycles. The molecule has 7 rings (SSSR count). The molecule has 280 valence electrons. The Hall–Kier alpha value is -4.46. The minimum absolute atomic E-state index is 0.00377. The summed E-state index contributed by atoms with van der Waals surface area (Å²) in [5.74, 6) is 0.450. The minimum atomic E-state index is -1.26. The Morgan fingerprint density at radius 3 is 2.40 bits per heavy atom. The van der Waals surface area contributed by atoms with Crippen molar-refractivity contribution in [3.05, 3.63) is 77.5 Å². The average Bonchev–Trinajstić information content (AvgIpc) is 3.44. The fourth-order valence-electron chi connectivity index (χ4n) is 7.36. The first-order chi connectivity index (χ1) is 25.5. The number of halogens is 1. The molecule has 1 N–H and O–H groups in total. The third-order valence-electron chi connectivity index (χ3n) is 10.6. The molecule has 0 saturated carbocycles. The first kappa shape index (κ1) is 36.9. The monoisotopic (exact) mass is 756 g/mol. The molecule has 3 fully saturated rings. The van der Waals surface area contributed by atoms with Crippen molar-refractivity contribution in [2.75, 3.05) is 64.1 Å². The second-order valence-corrected chi connectivity index (χ2v) is 21.5. The Morgan fingerprint density at radius 1 is 0.906 bits per heavy atom. The molecule has 2 aromatic heterocycles. The van der Waals surface area contributed by atoms with Gasteiger partial charge in [0.15, 0.2) is 0 Å². The van der Waals surface area contributed by atoms with Gasteiger partial charge >= 0.3 is 6.03 Å². The summed E-state index contributed by atoms with van der Waals surface area (Å²) in [6.45, 7) is 12.3. The lowest BCUT2D eigenvalue weighted by atomic mass is 9.95. The predicted octanol–water partition coefficient (Wildman–Crippen LogP) is 6.33. The van der Waals surface area contributed by atoms with E-state index in [1.807, 2.05) is 17.0 Å². The van der Waals surface area contributed by atoms with Crippen LogP contribution in [0.3, 0.4) is 0 Å². The Labute approximate surface area is 317 Å². The van der Waals surface area contributed by atoms with Crippen LogP contribution in [0.5, 0.6) is 0 Å². The van der Waals surface area contributed by atoms with Gasteiger partial charge in [-0.05, 0) is 67.1 Å². The van der Waals surface area contributed by atoms with Crippen LogP contribution in [0.2, 0.25) is 30.8 Å². The third kappa shape index (κ3) is 8.68. The van der Waals surface area contributed by atoms with Gasteiger partial charge in [0.25, 0.3) is 0 Å². The Bertz CT molecular complexity index is 1930. The van der Waals surface area contributed by atoms with E-state index in [1.165, 1.54) is 11.2 Å². The van der Waals surface area contributed by atoms with E-state index in [9.17, 15) is 14.4 Å². The van der Waals surface area contributed by atoms with Crippen LogP contribution in [0.1, 0.15) is 25.7 Å². The summed E-state index contributed by atoms with van der Waals surface area (Å²) in [6.07, 6.45) is 12.8. The van der Waals surface area contributed by atoms with Crippen LogP contribution in [0.4, 0.5) is 10.5 Å². The molecular formula is C39H49ClN8O4Si. The molecule has 4 amide bonds. The van der Waals surface area contributed by atoms with Gasteiger partial charge in [-0.2, -0.15) is 0 Å². The highest BCUT2D eigenvalue weighted by atomic mass is 35.5. The number of piperazine rings is 1. The number of nitrogens with zero attached hydrogens (tertiary/aromatic N) is 7. The van der Waals surface area contributed by atoms with Crippen LogP contribution in [0, 0.1) is 5.92 Å². The molecule has 5 heterocycles. The van der Waals surface area contributed by atoms with Crippen molar-refractivity contribution in [1.29, 1.82) is 0 Å². The van der Waals surface area contributed by atoms with E-state index in [1.54, 1.807) is 4.90 Å². The van der Waals surface area contributed by atoms with Gasteiger partial charge < -0.3 is 24.4 Å². The third-order valence-corrected chi connectivity index (χ3v) is 12.6. The average molecular weight is 757 g/mol. The number of piperidine rings is 1. The van der Waals surface area contributed by atoms with Crippen molar-refractivity contribution in [3.8, 4) is 11.3 Å². The van der Waals surface area contributed by atoms with E-state index in [0.717, 1.165) is 78.8 Å². The summed E-state index contributed by atoms with van der Waals surface area (Å²) < 4.78 is 5.77. The van der Waals surface area contributed by atoms with E-state index in [-0.39, 0.29) is 31.0 Å². The normalized spacial score (nSPS) is 19.3. The topological polar surface area (TPSA) is 118 Å². The number of carbonyl (C=O) groups excluding carboxylic acids is 3. The molecule has 0 spiro atoms. The lowest BCUT2D eigenvalue weighted by Gasteiger charge is -2.40. The Morgan fingerprint density at radius 2 is 1.66 bits per heavy atom. The first-order valence-electron chi connectivity index (χ1n) is 18.7. The summed E-state index contributed by atoms with van der Waals surface area (Å²) in [4.78, 5) is 60.4. The first-order valence-corrected chi connectivity index (χ1v) is 22.8. The molecule has 0 bridgehead atoms. The molecule has 0 radical (unpaired) electrons. The van der Waals surface area contributed by atoms with Gasteiger partial charge in [-0.1, -0.05) is 55.5 Å². The van der Waals surface area contributed by atoms with Crippen molar-refractivity contribution in [2.24, 2.45) is 5.92 Å². The van der Waals surface area contributed by atoms with Crippen LogP contribution in [-0.2, 0) is 14.3 Å². The summed E-state index contributed by atoms with van der Waals surface area (Å²) in [5, 5.41) is 1.21. The molecule has 3 aromatic rings. The predicted molar refractivity (Wildman–Crippen MR) is 210 cm³/mol. The van der Waals surface area contributed by atoms with Gasteiger partial charge in [-0.25, -0.2) is 19.7 Å². The smallest absolute Gasteiger partial charge is 0.333 e. The molecule has 3 saturated heterocycles. The van der Waals surface area contributed by atoms with E-state index < -0.39 is 8.07 Å². The zero-order valence-electron chi connectivity index (χ0n) is 30.9. The Kier molecular flexibility index (Phi) is 11.0. The highest BCUT2D eigenvalue weighted by Gasteiger charge is 2.34. The number of amides is 4. The molecule has 4 aliphatic rings. The number of allylic oxidation sites excluding steroid dienone is 4. The number of nitrogens with one attached hydrogen (secondary N) is 1. The maximum absolute atomic E-state index is 13.3. The Balaban J connectivity index is 0.863. The number of hydrogen-bond acceptors (Lipinski definition) is 8. The van der Waals surface area contributed by atoms with Gasteiger partial charge in [-0.15, -0.1) is 0 Å². The van der Waals surface area contributed by atoms with Crippen molar-refractivity contribution < 1.29 is 19.1 Å². The van der Waals surface area contributed by atoms with E-state index >= 15 is 0 Å². The molecule has 12 nitrogen and oxygen atoms in total. The summed E-state index contributed by atoms with van der Waals surface area (Å²) in [6, 6.07) is 10.9. The molecule has 1 aromatic carbocycles. The van der Waals surface area contributed by atoms with Crippen LogP contribution >= 0.6 is 11.6 Å². The minimum Gasteiger partial charge on any atom is -0.372 e. The SMILES string of the molecule is C[Si](C)(C)CCOCN1C(=O)CCN(C2=CCC=C(N3CCC(CN4CCN(c5ccc(-c6cc7c(Cl)ncnc7[nH]6)cc5)CC4=O)CC3)C=C2)C1=O. The van der Waals surface area contributed by atoms with Crippen molar-refractivity contribution in [2.45, 2.75) is 51.4 Å². The van der Waals surface area contributed by atoms with E-state index in [4.69, 9.17) is 16.3 Å². The quantitative estimate of drug-likeness (QED) is 0.137. The van der Waals surface area contributed by atoms with E-state index in [0.29, 0.717) is 49.4 Å². The number of carbonyl (C=O) groups is 3. The number of urea groups is 1. The zero-order chi connectivity index (χ0) is 37.1. The van der Waals surface area contributed by atoms with Crippen molar-refractivity contribution in [1.82, 2.24) is 34.6 Å². The molecule has 0 atom stereocenters. The van der Waals surface area contributed by atoms with Gasteiger partial charge in [0.05, 0.1) is 11.9 Å². The zero-order valence-corrected chi connectivity index (χ0v) is 32.6. The number of imide groups is 1. The van der Waals surface area contributed by atoms with Gasteiger partial charge in [0.2, 0.25) is 11.8 Å². The maximum atomic E-state index is 13.3. The number of hydrogen-bond donors (Lipinski definition) is 1. The standard InChI is InChI=1S/C39H49ClN8O4Si/c1-53(2,3)22-21-52-27-48-35(49)15-18-47(39(48)51)32-6-4-5-30(11-12-32)44-16-13-28(14-17-44)24-46-20-19-45(25-36(46)50)31-9-7-29(8-10-31)34-23-33-37(40)41-26-42-38(33)43-34/h5-12,23,26,28H,4,13-22,24-25,27H2,1-3H3,(H,41,42,43). The van der Waals surface area contributed by atoms with Gasteiger partial charge in [0.1, 0.15) is 23.9 Å². The fourth-order valence-corrected chi connectivity index (χ4v) is 8.30. The van der Waals surface area contributed by atoms with Crippen LogP contribution in [-0.4, -0.2) is 120 Å². The van der Waals surface area contributed by atoms with Crippen LogP contribution in [0.25, 0.3) is 22.3 Å². The summed E-state index contributed by atoms with van der Waals surface area (Å²) in [5.41, 5.74) is 5.64. The van der Waals surface area contributed by atoms with Crippen molar-refractivity contribution >= 4 is 54.2 Å². The largest absolute Gasteiger partial charge is 0.372 e. The molecule has 0 unspecified atom stereocenters. The number of aromatic amines is 1. The molecular weight excluding hydrogens is 708 g/mol. The van der Waals surface area contributed by atoms with Crippen LogP contribution in [0.15, 0.2) is 72.4 Å². The number of ether oxygens (including phenoxy) is 1. The number of rotatable bonds is 11. The van der Waals surface area contributed by atoms with E-state index in [2.05, 4.69) is 86.9 Å². The summed E-state index contributed by atoms with van der Waals surface area (Å²) >= 11 is 6.23. The number of anilines is 1.